The first-order valence-electron chi connectivity index (χ1n) is 6.76. The van der Waals surface area contributed by atoms with E-state index in [1.54, 1.807) is 13.0 Å². The summed E-state index contributed by atoms with van der Waals surface area (Å²) in [6.45, 7) is 6.71. The van der Waals surface area contributed by atoms with Gasteiger partial charge in [-0.3, -0.25) is 0 Å². The molecule has 1 N–H and O–H groups in total. The molecule has 0 bridgehead atoms. The van der Waals surface area contributed by atoms with E-state index in [0.717, 1.165) is 16.7 Å². The van der Waals surface area contributed by atoms with Crippen LogP contribution in [-0.2, 0) is 6.54 Å². The monoisotopic (exact) mass is 291 g/mol. The second-order valence-electron chi connectivity index (χ2n) is 5.25. The standard InChI is InChI=1S/C17H19ClFN/c1-11(2)20-10-13-9-14(18)7-8-16(13)15-5-4-6-17(19)12(15)3/h4-9,11,20H,10H2,1-3H3. The van der Waals surface area contributed by atoms with Gasteiger partial charge in [-0.1, -0.05) is 43.6 Å². The molecule has 0 spiro atoms. The van der Waals surface area contributed by atoms with Crippen molar-refractivity contribution in [1.82, 2.24) is 5.32 Å². The number of hydrogen-bond donors (Lipinski definition) is 1. The zero-order chi connectivity index (χ0) is 14.7. The molecule has 0 saturated heterocycles. The minimum Gasteiger partial charge on any atom is -0.310 e. The Balaban J connectivity index is 2.47. The number of halogens is 2. The van der Waals surface area contributed by atoms with Gasteiger partial charge in [0.15, 0.2) is 0 Å². The maximum absolute atomic E-state index is 13.7. The molecular formula is C17H19ClFN. The third-order valence-electron chi connectivity index (χ3n) is 3.33. The lowest BCUT2D eigenvalue weighted by Crippen LogP contribution is -2.22. The molecule has 0 saturated carbocycles. The van der Waals surface area contributed by atoms with Crippen LogP contribution in [0.15, 0.2) is 36.4 Å². The lowest BCUT2D eigenvalue weighted by atomic mass is 9.95. The molecule has 2 aromatic carbocycles. The van der Waals surface area contributed by atoms with Crippen LogP contribution in [0.2, 0.25) is 5.02 Å². The number of nitrogens with one attached hydrogen (secondary N) is 1. The highest BCUT2D eigenvalue weighted by Gasteiger charge is 2.11. The van der Waals surface area contributed by atoms with Crippen molar-refractivity contribution in [2.45, 2.75) is 33.4 Å². The van der Waals surface area contributed by atoms with E-state index in [2.05, 4.69) is 19.2 Å². The number of rotatable bonds is 4. The van der Waals surface area contributed by atoms with E-state index in [1.807, 2.05) is 24.3 Å². The van der Waals surface area contributed by atoms with Gasteiger partial charge in [-0.2, -0.15) is 0 Å². The summed E-state index contributed by atoms with van der Waals surface area (Å²) in [5.74, 6) is -0.180. The third kappa shape index (κ3) is 3.38. The van der Waals surface area contributed by atoms with Gasteiger partial charge in [0.2, 0.25) is 0 Å². The molecule has 0 aromatic heterocycles. The van der Waals surface area contributed by atoms with Crippen molar-refractivity contribution in [1.29, 1.82) is 0 Å². The Labute approximate surface area is 124 Å². The van der Waals surface area contributed by atoms with Crippen LogP contribution in [0.4, 0.5) is 4.39 Å². The fourth-order valence-corrected chi connectivity index (χ4v) is 2.38. The Kier molecular flexibility index (Phi) is 4.79. The third-order valence-corrected chi connectivity index (χ3v) is 3.56. The molecule has 2 aromatic rings. The first-order chi connectivity index (χ1) is 9.49. The summed E-state index contributed by atoms with van der Waals surface area (Å²) in [5.41, 5.74) is 3.70. The molecule has 0 fully saturated rings. The molecule has 0 aliphatic carbocycles. The van der Waals surface area contributed by atoms with Crippen LogP contribution in [0.25, 0.3) is 11.1 Å². The van der Waals surface area contributed by atoms with Crippen molar-refractivity contribution in [3.8, 4) is 11.1 Å². The average Bonchev–Trinajstić information content (AvgIpc) is 2.40. The van der Waals surface area contributed by atoms with Crippen molar-refractivity contribution >= 4 is 11.6 Å². The van der Waals surface area contributed by atoms with E-state index < -0.39 is 0 Å². The van der Waals surface area contributed by atoms with Crippen LogP contribution < -0.4 is 5.32 Å². The summed E-state index contributed by atoms with van der Waals surface area (Å²) in [6.07, 6.45) is 0. The summed E-state index contributed by atoms with van der Waals surface area (Å²) < 4.78 is 13.7. The zero-order valence-electron chi connectivity index (χ0n) is 12.0. The molecule has 1 nitrogen and oxygen atoms in total. The Morgan fingerprint density at radius 2 is 1.90 bits per heavy atom. The number of benzene rings is 2. The topological polar surface area (TPSA) is 12.0 Å². The predicted molar refractivity (Wildman–Crippen MR) is 83.6 cm³/mol. The second kappa shape index (κ2) is 6.38. The van der Waals surface area contributed by atoms with Gasteiger partial charge < -0.3 is 5.32 Å². The molecule has 0 aliphatic rings. The molecule has 3 heteroatoms. The Morgan fingerprint density at radius 1 is 1.15 bits per heavy atom. The summed E-state index contributed by atoms with van der Waals surface area (Å²) >= 11 is 6.09. The summed E-state index contributed by atoms with van der Waals surface area (Å²) in [4.78, 5) is 0. The number of hydrogen-bond acceptors (Lipinski definition) is 1. The quantitative estimate of drug-likeness (QED) is 0.840. The highest BCUT2D eigenvalue weighted by Crippen LogP contribution is 2.30. The molecule has 0 atom stereocenters. The summed E-state index contributed by atoms with van der Waals surface area (Å²) in [6, 6.07) is 11.3. The van der Waals surface area contributed by atoms with Gasteiger partial charge in [0, 0.05) is 17.6 Å². The van der Waals surface area contributed by atoms with Gasteiger partial charge in [-0.15, -0.1) is 0 Å². The van der Waals surface area contributed by atoms with Crippen LogP contribution in [0.1, 0.15) is 25.0 Å². The Morgan fingerprint density at radius 3 is 2.60 bits per heavy atom. The summed E-state index contributed by atoms with van der Waals surface area (Å²) in [7, 11) is 0. The highest BCUT2D eigenvalue weighted by molar-refractivity contribution is 6.30. The fraction of sp³-hybridized carbons (Fsp3) is 0.294. The van der Waals surface area contributed by atoms with Crippen molar-refractivity contribution in [2.75, 3.05) is 0 Å². The van der Waals surface area contributed by atoms with Gasteiger partial charge in [0.25, 0.3) is 0 Å². The van der Waals surface area contributed by atoms with Crippen LogP contribution in [0.5, 0.6) is 0 Å². The predicted octanol–water partition coefficient (Wildman–Crippen LogP) is 4.95. The average molecular weight is 292 g/mol. The van der Waals surface area contributed by atoms with Crippen LogP contribution >= 0.6 is 11.6 Å². The maximum atomic E-state index is 13.7. The van der Waals surface area contributed by atoms with E-state index >= 15 is 0 Å². The van der Waals surface area contributed by atoms with E-state index in [0.29, 0.717) is 23.2 Å². The van der Waals surface area contributed by atoms with E-state index in [1.165, 1.54) is 6.07 Å². The second-order valence-corrected chi connectivity index (χ2v) is 5.69. The van der Waals surface area contributed by atoms with Gasteiger partial charge in [0.05, 0.1) is 0 Å². The van der Waals surface area contributed by atoms with Gasteiger partial charge in [0.1, 0.15) is 5.82 Å². The van der Waals surface area contributed by atoms with Gasteiger partial charge in [-0.25, -0.2) is 4.39 Å². The normalized spacial score (nSPS) is 11.1. The molecule has 0 amide bonds. The van der Waals surface area contributed by atoms with E-state index in [4.69, 9.17) is 11.6 Å². The van der Waals surface area contributed by atoms with Crippen molar-refractivity contribution in [3.63, 3.8) is 0 Å². The van der Waals surface area contributed by atoms with E-state index in [9.17, 15) is 4.39 Å². The molecule has 2 rings (SSSR count). The lowest BCUT2D eigenvalue weighted by Gasteiger charge is -2.15. The van der Waals surface area contributed by atoms with Crippen molar-refractivity contribution < 1.29 is 4.39 Å². The van der Waals surface area contributed by atoms with Crippen molar-refractivity contribution in [2.24, 2.45) is 0 Å². The lowest BCUT2D eigenvalue weighted by molar-refractivity contribution is 0.589. The minimum absolute atomic E-state index is 0.180. The fourth-order valence-electron chi connectivity index (χ4n) is 2.18. The molecule has 0 radical (unpaired) electrons. The minimum atomic E-state index is -0.180. The van der Waals surface area contributed by atoms with Crippen molar-refractivity contribution in [3.05, 3.63) is 58.4 Å². The summed E-state index contributed by atoms with van der Waals surface area (Å²) in [5, 5.41) is 4.08. The highest BCUT2D eigenvalue weighted by atomic mass is 35.5. The SMILES string of the molecule is Cc1c(F)cccc1-c1ccc(Cl)cc1CNC(C)C. The molecular weight excluding hydrogens is 273 g/mol. The smallest absolute Gasteiger partial charge is 0.126 e. The maximum Gasteiger partial charge on any atom is 0.126 e. The van der Waals surface area contributed by atoms with Gasteiger partial charge >= 0.3 is 0 Å². The molecule has 0 heterocycles. The van der Waals surface area contributed by atoms with Gasteiger partial charge in [-0.05, 0) is 47.4 Å². The largest absolute Gasteiger partial charge is 0.310 e. The first-order valence-corrected chi connectivity index (χ1v) is 7.14. The Hall–Kier alpha value is -1.38. The zero-order valence-corrected chi connectivity index (χ0v) is 12.8. The van der Waals surface area contributed by atoms with Crippen LogP contribution in [0.3, 0.4) is 0 Å². The van der Waals surface area contributed by atoms with E-state index in [-0.39, 0.29) is 5.82 Å². The molecule has 106 valence electrons. The molecule has 20 heavy (non-hydrogen) atoms. The van der Waals surface area contributed by atoms with Crippen LogP contribution in [-0.4, -0.2) is 6.04 Å². The molecule has 0 unspecified atom stereocenters. The van der Waals surface area contributed by atoms with Crippen LogP contribution in [0, 0.1) is 12.7 Å². The Bertz CT molecular complexity index is 608. The first kappa shape index (κ1) is 15.0. The molecule has 0 aliphatic heterocycles.